The first-order valence-corrected chi connectivity index (χ1v) is 13.4. The third kappa shape index (κ3) is 5.87. The van der Waals surface area contributed by atoms with Gasteiger partial charge in [0.05, 0.1) is 32.0 Å². The van der Waals surface area contributed by atoms with Gasteiger partial charge in [-0.1, -0.05) is 46.7 Å². The number of aromatic nitrogens is 1. The molecule has 3 aromatic rings. The molecule has 10 heteroatoms. The van der Waals surface area contributed by atoms with E-state index in [-0.39, 0.29) is 11.2 Å². The average molecular weight is 512 g/mol. The summed E-state index contributed by atoms with van der Waals surface area (Å²) in [5.74, 6) is 0.957. The van der Waals surface area contributed by atoms with Crippen LogP contribution in [0.15, 0.2) is 41.4 Å². The number of aliphatic imine (C=N–C) groups is 1. The van der Waals surface area contributed by atoms with Gasteiger partial charge in [-0.2, -0.15) is 11.8 Å². The van der Waals surface area contributed by atoms with Crippen LogP contribution in [0.1, 0.15) is 12.0 Å². The van der Waals surface area contributed by atoms with E-state index in [1.165, 1.54) is 17.3 Å². The quantitative estimate of drug-likeness (QED) is 0.374. The first-order chi connectivity index (χ1) is 15.0. The zero-order valence-corrected chi connectivity index (χ0v) is 20.6. The SMILES string of the molecule is CSCC[C@@H]1N/C(=N/c2ccc(CCNc3nc4cc(Cl)c(Cl)cc4s3)cc2)SC1=O. The van der Waals surface area contributed by atoms with E-state index in [1.807, 2.05) is 24.5 Å². The van der Waals surface area contributed by atoms with Crippen molar-refractivity contribution in [2.45, 2.75) is 18.9 Å². The zero-order chi connectivity index (χ0) is 21.8. The number of fused-ring (bicyclic) bond motifs is 1. The molecule has 4 rings (SSSR count). The first kappa shape index (κ1) is 22.7. The van der Waals surface area contributed by atoms with Crippen molar-refractivity contribution in [3.05, 3.63) is 52.0 Å². The van der Waals surface area contributed by atoms with Crippen LogP contribution in [0.4, 0.5) is 10.8 Å². The van der Waals surface area contributed by atoms with Gasteiger partial charge in [0.2, 0.25) is 5.12 Å². The van der Waals surface area contributed by atoms with Gasteiger partial charge < -0.3 is 10.6 Å². The molecule has 1 aliphatic rings. The van der Waals surface area contributed by atoms with Gasteiger partial charge in [0.25, 0.3) is 0 Å². The Morgan fingerprint density at radius 1 is 1.23 bits per heavy atom. The summed E-state index contributed by atoms with van der Waals surface area (Å²) in [5, 5.41) is 9.32. The van der Waals surface area contributed by atoms with Crippen LogP contribution < -0.4 is 10.6 Å². The molecule has 0 aliphatic carbocycles. The summed E-state index contributed by atoms with van der Waals surface area (Å²) in [6, 6.07) is 11.6. The van der Waals surface area contributed by atoms with E-state index in [2.05, 4.69) is 32.7 Å². The Morgan fingerprint density at radius 3 is 2.77 bits per heavy atom. The lowest BCUT2D eigenvalue weighted by Crippen LogP contribution is -2.29. The second-order valence-corrected chi connectivity index (χ2v) is 10.7. The van der Waals surface area contributed by atoms with E-state index in [0.717, 1.165) is 46.2 Å². The Hall–Kier alpha value is -1.45. The number of nitrogens with zero attached hydrogens (tertiary/aromatic N) is 2. The molecule has 31 heavy (non-hydrogen) atoms. The molecule has 0 spiro atoms. The highest BCUT2D eigenvalue weighted by Crippen LogP contribution is 2.33. The third-order valence-corrected chi connectivity index (χ3v) is 7.91. The average Bonchev–Trinajstić information content (AvgIpc) is 3.30. The summed E-state index contributed by atoms with van der Waals surface area (Å²) in [5.41, 5.74) is 2.88. The molecule has 1 fully saturated rings. The van der Waals surface area contributed by atoms with Gasteiger partial charge >= 0.3 is 0 Å². The Labute approximate surface area is 203 Å². The van der Waals surface area contributed by atoms with E-state index in [0.29, 0.717) is 15.2 Å². The van der Waals surface area contributed by atoms with Crippen molar-refractivity contribution in [2.24, 2.45) is 4.99 Å². The van der Waals surface area contributed by atoms with Crippen molar-refractivity contribution in [1.82, 2.24) is 10.3 Å². The molecule has 2 aromatic carbocycles. The number of carbonyl (C=O) groups excluding carboxylic acids is 1. The van der Waals surface area contributed by atoms with Crippen molar-refractivity contribution in [3.63, 3.8) is 0 Å². The maximum Gasteiger partial charge on any atom is 0.218 e. The first-order valence-electron chi connectivity index (χ1n) is 9.66. The topological polar surface area (TPSA) is 66.4 Å². The van der Waals surface area contributed by atoms with Crippen LogP contribution in [0.2, 0.25) is 10.0 Å². The number of hydrogen-bond acceptors (Lipinski definition) is 7. The van der Waals surface area contributed by atoms with Crippen molar-refractivity contribution >= 4 is 89.4 Å². The van der Waals surface area contributed by atoms with Crippen LogP contribution >= 0.6 is 58.1 Å². The molecule has 0 radical (unpaired) electrons. The van der Waals surface area contributed by atoms with Gasteiger partial charge in [-0.25, -0.2) is 9.98 Å². The Balaban J connectivity index is 1.30. The normalized spacial score (nSPS) is 17.5. The van der Waals surface area contributed by atoms with Gasteiger partial charge in [-0.15, -0.1) is 0 Å². The highest BCUT2D eigenvalue weighted by atomic mass is 35.5. The maximum absolute atomic E-state index is 12.0. The van der Waals surface area contributed by atoms with Crippen LogP contribution in [0.3, 0.4) is 0 Å². The zero-order valence-electron chi connectivity index (χ0n) is 16.7. The third-order valence-electron chi connectivity index (χ3n) is 4.68. The maximum atomic E-state index is 12.0. The lowest BCUT2D eigenvalue weighted by atomic mass is 10.1. The molecule has 162 valence electrons. The number of halogens is 2. The molecule has 2 heterocycles. The minimum absolute atomic E-state index is 0.129. The van der Waals surface area contributed by atoms with E-state index in [1.54, 1.807) is 29.2 Å². The molecule has 1 atom stereocenters. The molecule has 1 aliphatic heterocycles. The summed E-state index contributed by atoms with van der Waals surface area (Å²) in [7, 11) is 0. The van der Waals surface area contributed by atoms with Crippen LogP contribution in [-0.4, -0.2) is 39.9 Å². The van der Waals surface area contributed by atoms with Crippen LogP contribution in [-0.2, 0) is 11.2 Å². The number of carbonyl (C=O) groups is 1. The highest BCUT2D eigenvalue weighted by molar-refractivity contribution is 8.27. The number of thiazole rings is 1. The fourth-order valence-corrected chi connectivity index (χ4v) is 5.68. The monoisotopic (exact) mass is 510 g/mol. The fourth-order valence-electron chi connectivity index (χ4n) is 3.05. The molecule has 0 saturated carbocycles. The second-order valence-electron chi connectivity index (χ2n) is 6.91. The molecule has 1 saturated heterocycles. The molecular formula is C21H20Cl2N4OS3. The van der Waals surface area contributed by atoms with Gasteiger partial charge in [0, 0.05) is 6.54 Å². The van der Waals surface area contributed by atoms with Gasteiger partial charge in [-0.05, 0) is 66.4 Å². The largest absolute Gasteiger partial charge is 0.361 e. The van der Waals surface area contributed by atoms with Crippen molar-refractivity contribution < 1.29 is 4.79 Å². The molecule has 1 aromatic heterocycles. The van der Waals surface area contributed by atoms with E-state index in [9.17, 15) is 4.79 Å². The summed E-state index contributed by atoms with van der Waals surface area (Å²) in [4.78, 5) is 21.2. The lowest BCUT2D eigenvalue weighted by Gasteiger charge is -2.06. The summed E-state index contributed by atoms with van der Waals surface area (Å²) in [6.45, 7) is 0.762. The molecule has 2 N–H and O–H groups in total. The summed E-state index contributed by atoms with van der Waals surface area (Å²) in [6.07, 6.45) is 3.73. The van der Waals surface area contributed by atoms with E-state index >= 15 is 0 Å². The van der Waals surface area contributed by atoms with E-state index < -0.39 is 0 Å². The number of thioether (sulfide) groups is 2. The predicted molar refractivity (Wildman–Crippen MR) is 138 cm³/mol. The van der Waals surface area contributed by atoms with E-state index in [4.69, 9.17) is 23.2 Å². The lowest BCUT2D eigenvalue weighted by molar-refractivity contribution is -0.112. The van der Waals surface area contributed by atoms with Crippen LogP contribution in [0, 0.1) is 0 Å². The van der Waals surface area contributed by atoms with Gasteiger partial charge in [0.1, 0.15) is 0 Å². The standard InChI is InChI=1S/C21H20Cl2N4OS3/c1-29-9-7-16-19(28)31-21(26-16)25-13-4-2-12(3-5-13)6-8-24-20-27-17-10-14(22)15(23)11-18(17)30-20/h2-5,10-11,16H,6-9H2,1H3,(H,24,27)(H,25,26)/t16-/m0/s1. The smallest absolute Gasteiger partial charge is 0.218 e. The number of nitrogens with one attached hydrogen (secondary N) is 2. The molecule has 0 bridgehead atoms. The highest BCUT2D eigenvalue weighted by Gasteiger charge is 2.29. The Kier molecular flexibility index (Phi) is 7.66. The van der Waals surface area contributed by atoms with Crippen molar-refractivity contribution in [1.29, 1.82) is 0 Å². The Morgan fingerprint density at radius 2 is 2.00 bits per heavy atom. The number of amidine groups is 1. The Bertz CT molecular complexity index is 1080. The van der Waals surface area contributed by atoms with Crippen molar-refractivity contribution in [3.8, 4) is 0 Å². The molecular weight excluding hydrogens is 491 g/mol. The minimum atomic E-state index is -0.129. The van der Waals surface area contributed by atoms with Crippen LogP contribution in [0.5, 0.6) is 0 Å². The van der Waals surface area contributed by atoms with Crippen LogP contribution in [0.25, 0.3) is 10.2 Å². The van der Waals surface area contributed by atoms with Gasteiger partial charge in [-0.3, -0.25) is 4.79 Å². The predicted octanol–water partition coefficient (Wildman–Crippen LogP) is 6.23. The summed E-state index contributed by atoms with van der Waals surface area (Å²) < 4.78 is 1.01. The number of rotatable bonds is 8. The van der Waals surface area contributed by atoms with Gasteiger partial charge in [0.15, 0.2) is 10.3 Å². The fraction of sp³-hybridized carbons (Fsp3) is 0.286. The summed E-state index contributed by atoms with van der Waals surface area (Å²) >= 11 is 16.6. The number of anilines is 1. The second kappa shape index (κ2) is 10.4. The van der Waals surface area contributed by atoms with Crippen molar-refractivity contribution in [2.75, 3.05) is 23.9 Å². The molecule has 5 nitrogen and oxygen atoms in total. The molecule has 0 amide bonds. The minimum Gasteiger partial charge on any atom is -0.361 e. The molecule has 0 unspecified atom stereocenters. The number of hydrogen-bond donors (Lipinski definition) is 2. The number of benzene rings is 2.